The van der Waals surface area contributed by atoms with Crippen molar-refractivity contribution in [2.24, 2.45) is 5.73 Å². The molecule has 0 bridgehead atoms. The van der Waals surface area contributed by atoms with E-state index in [-0.39, 0.29) is 0 Å². The van der Waals surface area contributed by atoms with Crippen molar-refractivity contribution in [2.45, 2.75) is 0 Å². The number of nitrogens with two attached hydrogens (primary N) is 1. The molecule has 0 amide bonds. The standard InChI is InChI=1S/C6H9ClN2O/c1-10-5-2-6(7)9-3-4(5)8/h2,9H,3,8H2,1H3. The molecule has 0 aromatic rings. The third kappa shape index (κ3) is 1.36. The number of halogens is 1. The molecule has 1 aliphatic heterocycles. The maximum atomic E-state index is 5.64. The van der Waals surface area contributed by atoms with Gasteiger partial charge in [-0.1, -0.05) is 11.6 Å². The number of methoxy groups -OCH3 is 1. The second kappa shape index (κ2) is 2.84. The molecule has 4 heteroatoms. The van der Waals surface area contributed by atoms with Crippen molar-refractivity contribution >= 4 is 11.6 Å². The van der Waals surface area contributed by atoms with Gasteiger partial charge in [-0.2, -0.15) is 0 Å². The van der Waals surface area contributed by atoms with Gasteiger partial charge in [0.2, 0.25) is 0 Å². The van der Waals surface area contributed by atoms with Crippen molar-refractivity contribution in [3.63, 3.8) is 0 Å². The molecule has 0 aliphatic carbocycles. The molecule has 0 saturated heterocycles. The monoisotopic (exact) mass is 160 g/mol. The van der Waals surface area contributed by atoms with Crippen LogP contribution in [-0.2, 0) is 4.74 Å². The van der Waals surface area contributed by atoms with Gasteiger partial charge < -0.3 is 15.8 Å². The largest absolute Gasteiger partial charge is 0.495 e. The van der Waals surface area contributed by atoms with Crippen molar-refractivity contribution in [2.75, 3.05) is 13.7 Å². The number of ether oxygens (including phenoxy) is 1. The van der Waals surface area contributed by atoms with Gasteiger partial charge in [-0.05, 0) is 0 Å². The SMILES string of the molecule is COC1=C(N)CNC(Cl)=C1. The van der Waals surface area contributed by atoms with Crippen molar-refractivity contribution < 1.29 is 4.74 Å². The van der Waals surface area contributed by atoms with Gasteiger partial charge in [0, 0.05) is 6.08 Å². The molecule has 0 aromatic carbocycles. The van der Waals surface area contributed by atoms with Crippen LogP contribution in [0.2, 0.25) is 0 Å². The fourth-order valence-corrected chi connectivity index (χ4v) is 0.882. The second-order valence-corrected chi connectivity index (χ2v) is 2.35. The number of allylic oxidation sites excluding steroid dienone is 1. The summed E-state index contributed by atoms with van der Waals surface area (Å²) in [6.45, 7) is 0.554. The Hall–Kier alpha value is -0.830. The quantitative estimate of drug-likeness (QED) is 0.549. The molecule has 3 nitrogen and oxygen atoms in total. The number of dihydropyridines is 1. The Labute approximate surface area is 64.5 Å². The predicted molar refractivity (Wildman–Crippen MR) is 40.2 cm³/mol. The number of hydrogen-bond acceptors (Lipinski definition) is 3. The Balaban J connectivity index is 2.82. The molecule has 0 saturated carbocycles. The summed E-state index contributed by atoms with van der Waals surface area (Å²) < 4.78 is 4.93. The van der Waals surface area contributed by atoms with E-state index in [9.17, 15) is 0 Å². The van der Waals surface area contributed by atoms with E-state index in [1.807, 2.05) is 0 Å². The minimum Gasteiger partial charge on any atom is -0.495 e. The fraction of sp³-hybridized carbons (Fsp3) is 0.333. The number of rotatable bonds is 1. The summed E-state index contributed by atoms with van der Waals surface area (Å²) in [4.78, 5) is 0. The van der Waals surface area contributed by atoms with Gasteiger partial charge in [-0.15, -0.1) is 0 Å². The molecule has 1 aliphatic rings. The highest BCUT2D eigenvalue weighted by atomic mass is 35.5. The van der Waals surface area contributed by atoms with Crippen molar-refractivity contribution in [3.05, 3.63) is 22.7 Å². The highest BCUT2D eigenvalue weighted by Gasteiger charge is 2.07. The summed E-state index contributed by atoms with van der Waals surface area (Å²) in [5, 5.41) is 3.42. The van der Waals surface area contributed by atoms with E-state index < -0.39 is 0 Å². The molecular formula is C6H9ClN2O. The molecule has 0 radical (unpaired) electrons. The molecule has 56 valence electrons. The van der Waals surface area contributed by atoms with Gasteiger partial charge in [-0.25, -0.2) is 0 Å². The summed E-state index contributed by atoms with van der Waals surface area (Å²) in [6, 6.07) is 0. The van der Waals surface area contributed by atoms with E-state index in [1.165, 1.54) is 0 Å². The van der Waals surface area contributed by atoms with E-state index in [1.54, 1.807) is 13.2 Å². The first-order valence-electron chi connectivity index (χ1n) is 2.87. The third-order valence-electron chi connectivity index (χ3n) is 1.24. The summed E-state index contributed by atoms with van der Waals surface area (Å²) >= 11 is 5.64. The summed E-state index contributed by atoms with van der Waals surface area (Å²) in [5.74, 6) is 0.642. The lowest BCUT2D eigenvalue weighted by Gasteiger charge is -2.14. The molecule has 0 fully saturated rings. The average molecular weight is 161 g/mol. The van der Waals surface area contributed by atoms with Gasteiger partial charge >= 0.3 is 0 Å². The van der Waals surface area contributed by atoms with Gasteiger partial charge in [-0.3, -0.25) is 0 Å². The van der Waals surface area contributed by atoms with E-state index >= 15 is 0 Å². The first kappa shape index (κ1) is 7.28. The molecule has 0 spiro atoms. The molecule has 0 unspecified atom stereocenters. The Morgan fingerprint density at radius 3 is 3.00 bits per heavy atom. The van der Waals surface area contributed by atoms with Gasteiger partial charge in [0.25, 0.3) is 0 Å². The number of hydrogen-bond donors (Lipinski definition) is 2. The molecule has 3 N–H and O–H groups in total. The van der Waals surface area contributed by atoms with E-state index in [2.05, 4.69) is 5.32 Å². The highest BCUT2D eigenvalue weighted by molar-refractivity contribution is 6.29. The smallest absolute Gasteiger partial charge is 0.142 e. The maximum Gasteiger partial charge on any atom is 0.142 e. The Morgan fingerprint density at radius 1 is 1.80 bits per heavy atom. The lowest BCUT2D eigenvalue weighted by atomic mass is 10.3. The summed E-state index contributed by atoms with van der Waals surface area (Å²) in [6.07, 6.45) is 1.65. The fourth-order valence-electron chi connectivity index (χ4n) is 0.716. The lowest BCUT2D eigenvalue weighted by molar-refractivity contribution is 0.298. The van der Waals surface area contributed by atoms with Crippen LogP contribution in [-0.4, -0.2) is 13.7 Å². The molecule has 1 heterocycles. The Morgan fingerprint density at radius 2 is 2.50 bits per heavy atom. The Bertz CT molecular complexity index is 198. The van der Waals surface area contributed by atoms with Crippen LogP contribution in [0.25, 0.3) is 0 Å². The normalized spacial score (nSPS) is 18.0. The van der Waals surface area contributed by atoms with Crippen LogP contribution in [0.1, 0.15) is 0 Å². The van der Waals surface area contributed by atoms with Crippen LogP contribution in [0.4, 0.5) is 0 Å². The summed E-state index contributed by atoms with van der Waals surface area (Å²) in [5.41, 5.74) is 6.21. The minimum absolute atomic E-state index is 0.554. The van der Waals surface area contributed by atoms with Gasteiger partial charge in [0.15, 0.2) is 0 Å². The third-order valence-corrected chi connectivity index (χ3v) is 1.48. The second-order valence-electron chi connectivity index (χ2n) is 1.94. The van der Waals surface area contributed by atoms with Gasteiger partial charge in [0.1, 0.15) is 10.9 Å². The average Bonchev–Trinajstić information content (AvgIpc) is 1.94. The van der Waals surface area contributed by atoms with Crippen LogP contribution >= 0.6 is 11.6 Å². The van der Waals surface area contributed by atoms with Crippen LogP contribution in [0.5, 0.6) is 0 Å². The molecular weight excluding hydrogens is 152 g/mol. The zero-order valence-corrected chi connectivity index (χ0v) is 6.40. The molecule has 10 heavy (non-hydrogen) atoms. The van der Waals surface area contributed by atoms with Crippen LogP contribution in [0, 0.1) is 0 Å². The zero-order chi connectivity index (χ0) is 7.56. The zero-order valence-electron chi connectivity index (χ0n) is 5.65. The maximum absolute atomic E-state index is 5.64. The summed E-state index contributed by atoms with van der Waals surface area (Å²) in [7, 11) is 1.56. The molecule has 1 rings (SSSR count). The first-order valence-corrected chi connectivity index (χ1v) is 3.25. The number of nitrogens with one attached hydrogen (secondary N) is 1. The van der Waals surface area contributed by atoms with Crippen LogP contribution < -0.4 is 11.1 Å². The van der Waals surface area contributed by atoms with Crippen LogP contribution in [0.3, 0.4) is 0 Å². The van der Waals surface area contributed by atoms with Crippen molar-refractivity contribution in [1.29, 1.82) is 0 Å². The minimum atomic E-state index is 0.554. The first-order chi connectivity index (χ1) is 4.74. The topological polar surface area (TPSA) is 47.3 Å². The van der Waals surface area contributed by atoms with Crippen LogP contribution in [0.15, 0.2) is 22.7 Å². The lowest BCUT2D eigenvalue weighted by Crippen LogP contribution is -2.24. The Kier molecular flexibility index (Phi) is 2.06. The van der Waals surface area contributed by atoms with E-state index in [4.69, 9.17) is 22.1 Å². The van der Waals surface area contributed by atoms with Crippen molar-refractivity contribution in [3.8, 4) is 0 Å². The van der Waals surface area contributed by atoms with E-state index in [0.717, 1.165) is 0 Å². The highest BCUT2D eigenvalue weighted by Crippen LogP contribution is 2.11. The van der Waals surface area contributed by atoms with Gasteiger partial charge in [0.05, 0.1) is 19.4 Å². The molecule has 0 atom stereocenters. The van der Waals surface area contributed by atoms with Crippen molar-refractivity contribution in [1.82, 2.24) is 5.32 Å². The molecule has 0 aromatic heterocycles. The van der Waals surface area contributed by atoms with E-state index in [0.29, 0.717) is 23.2 Å². The predicted octanol–water partition coefficient (Wildman–Crippen LogP) is 0.487.